The third-order valence-electron chi connectivity index (χ3n) is 3.91. The summed E-state index contributed by atoms with van der Waals surface area (Å²) in [7, 11) is 1.62. The van der Waals surface area contributed by atoms with Crippen LogP contribution in [0.2, 0.25) is 0 Å². The molecular weight excluding hydrogens is 330 g/mol. The van der Waals surface area contributed by atoms with Crippen molar-refractivity contribution >= 4 is 29.9 Å². The Bertz CT molecular complexity index is 560. The number of amides is 2. The summed E-state index contributed by atoms with van der Waals surface area (Å²) in [5.74, 6) is -0.0347. The highest BCUT2D eigenvalue weighted by atomic mass is 35.5. The first-order valence-corrected chi connectivity index (χ1v) is 8.01. The molecule has 0 unspecified atom stereocenters. The van der Waals surface area contributed by atoms with Gasteiger partial charge in [-0.25, -0.2) is 0 Å². The van der Waals surface area contributed by atoms with Gasteiger partial charge < -0.3 is 20.3 Å². The first-order valence-electron chi connectivity index (χ1n) is 8.01. The Morgan fingerprint density at radius 3 is 2.58 bits per heavy atom. The molecule has 1 heterocycles. The minimum atomic E-state index is -0.108. The predicted molar refractivity (Wildman–Crippen MR) is 96.9 cm³/mol. The molecule has 7 heteroatoms. The number of benzene rings is 1. The minimum Gasteiger partial charge on any atom is -0.383 e. The van der Waals surface area contributed by atoms with Gasteiger partial charge in [0.25, 0.3) is 5.91 Å². The molecule has 0 bridgehead atoms. The number of carbonyl (C=O) groups is 2. The summed E-state index contributed by atoms with van der Waals surface area (Å²) in [5, 5.41) is 5.85. The van der Waals surface area contributed by atoms with Gasteiger partial charge in [-0.15, -0.1) is 12.4 Å². The van der Waals surface area contributed by atoms with Crippen molar-refractivity contribution in [3.05, 3.63) is 29.3 Å². The number of nitrogens with one attached hydrogen (secondary N) is 2. The Hall–Kier alpha value is -1.63. The van der Waals surface area contributed by atoms with Crippen LogP contribution in [0.3, 0.4) is 0 Å². The highest BCUT2D eigenvalue weighted by Gasteiger charge is 2.19. The van der Waals surface area contributed by atoms with Gasteiger partial charge in [-0.3, -0.25) is 9.59 Å². The summed E-state index contributed by atoms with van der Waals surface area (Å²) in [6, 6.07) is 5.42. The van der Waals surface area contributed by atoms with Gasteiger partial charge in [-0.1, -0.05) is 0 Å². The highest BCUT2D eigenvalue weighted by Crippen LogP contribution is 2.19. The zero-order chi connectivity index (χ0) is 16.7. The molecular formula is C17H26ClN3O3. The van der Waals surface area contributed by atoms with Crippen LogP contribution in [0, 0.1) is 6.92 Å². The molecule has 0 spiro atoms. The minimum absolute atomic E-state index is 0. The average molecular weight is 356 g/mol. The van der Waals surface area contributed by atoms with E-state index in [1.54, 1.807) is 19.2 Å². The zero-order valence-corrected chi connectivity index (χ0v) is 15.1. The van der Waals surface area contributed by atoms with E-state index < -0.39 is 0 Å². The lowest BCUT2D eigenvalue weighted by atomic mass is 10.1. The number of likely N-dealkylation sites (tertiary alicyclic amines) is 1. The maximum Gasteiger partial charge on any atom is 0.253 e. The van der Waals surface area contributed by atoms with Crippen LogP contribution in [-0.2, 0) is 9.53 Å². The third-order valence-corrected chi connectivity index (χ3v) is 3.91. The van der Waals surface area contributed by atoms with E-state index in [0.717, 1.165) is 37.2 Å². The fraction of sp³-hybridized carbons (Fsp3) is 0.529. The maximum absolute atomic E-state index is 12.4. The predicted octanol–water partition coefficient (Wildman–Crippen LogP) is 1.83. The smallest absolute Gasteiger partial charge is 0.253 e. The SMILES string of the molecule is COCCNCC(=O)Nc1ccc(C(=O)N2CCCC2)cc1C.Cl. The molecule has 1 aromatic rings. The van der Waals surface area contributed by atoms with E-state index in [0.29, 0.717) is 18.7 Å². The fourth-order valence-electron chi connectivity index (χ4n) is 2.61. The van der Waals surface area contributed by atoms with E-state index in [1.807, 2.05) is 17.9 Å². The monoisotopic (exact) mass is 355 g/mol. The molecule has 2 rings (SSSR count). The number of rotatable bonds is 7. The van der Waals surface area contributed by atoms with Crippen LogP contribution < -0.4 is 10.6 Å². The fourth-order valence-corrected chi connectivity index (χ4v) is 2.61. The molecule has 0 saturated carbocycles. The second-order valence-electron chi connectivity index (χ2n) is 5.75. The Balaban J connectivity index is 0.00000288. The summed E-state index contributed by atoms with van der Waals surface area (Å²) in [4.78, 5) is 26.1. The lowest BCUT2D eigenvalue weighted by molar-refractivity contribution is -0.115. The van der Waals surface area contributed by atoms with Gasteiger partial charge in [-0.05, 0) is 43.5 Å². The molecule has 0 aliphatic carbocycles. The van der Waals surface area contributed by atoms with E-state index in [1.165, 1.54) is 0 Å². The second-order valence-corrected chi connectivity index (χ2v) is 5.75. The van der Waals surface area contributed by atoms with Gasteiger partial charge in [0.15, 0.2) is 0 Å². The molecule has 2 N–H and O–H groups in total. The Kier molecular flexibility index (Phi) is 8.74. The maximum atomic E-state index is 12.4. The van der Waals surface area contributed by atoms with Crippen LogP contribution in [0.5, 0.6) is 0 Å². The van der Waals surface area contributed by atoms with Crippen molar-refractivity contribution in [3.63, 3.8) is 0 Å². The second kappa shape index (κ2) is 10.3. The molecule has 1 fully saturated rings. The lowest BCUT2D eigenvalue weighted by Crippen LogP contribution is -2.30. The third kappa shape index (κ3) is 5.78. The molecule has 1 aliphatic rings. The van der Waals surface area contributed by atoms with E-state index in [9.17, 15) is 9.59 Å². The van der Waals surface area contributed by atoms with Crippen molar-refractivity contribution in [2.75, 3.05) is 45.2 Å². The van der Waals surface area contributed by atoms with E-state index >= 15 is 0 Å². The van der Waals surface area contributed by atoms with Gasteiger partial charge in [0.05, 0.1) is 13.2 Å². The van der Waals surface area contributed by atoms with E-state index in [-0.39, 0.29) is 30.8 Å². The molecule has 134 valence electrons. The van der Waals surface area contributed by atoms with Crippen LogP contribution in [-0.4, -0.2) is 56.6 Å². The number of halogens is 1. The highest BCUT2D eigenvalue weighted by molar-refractivity contribution is 5.97. The number of aryl methyl sites for hydroxylation is 1. The van der Waals surface area contributed by atoms with Crippen molar-refractivity contribution < 1.29 is 14.3 Å². The van der Waals surface area contributed by atoms with Crippen LogP contribution in [0.4, 0.5) is 5.69 Å². The van der Waals surface area contributed by atoms with Gasteiger partial charge in [-0.2, -0.15) is 0 Å². The number of methoxy groups -OCH3 is 1. The number of hydrogen-bond donors (Lipinski definition) is 2. The quantitative estimate of drug-likeness (QED) is 0.732. The molecule has 0 radical (unpaired) electrons. The van der Waals surface area contributed by atoms with Crippen molar-refractivity contribution in [2.45, 2.75) is 19.8 Å². The molecule has 2 amide bonds. The molecule has 1 aliphatic heterocycles. The normalized spacial score (nSPS) is 13.5. The van der Waals surface area contributed by atoms with Crippen LogP contribution in [0.25, 0.3) is 0 Å². The van der Waals surface area contributed by atoms with Gasteiger partial charge in [0, 0.05) is 38.0 Å². The Labute approximate surface area is 149 Å². The Morgan fingerprint density at radius 2 is 1.96 bits per heavy atom. The standard InChI is InChI=1S/C17H25N3O3.ClH/c1-13-11-14(17(22)20-8-3-4-9-20)5-6-15(13)19-16(21)12-18-7-10-23-2;/h5-6,11,18H,3-4,7-10,12H2,1-2H3,(H,19,21);1H. The topological polar surface area (TPSA) is 70.7 Å². The number of anilines is 1. The number of carbonyl (C=O) groups excluding carboxylic acids is 2. The molecule has 0 aromatic heterocycles. The first-order chi connectivity index (χ1) is 11.1. The molecule has 0 atom stereocenters. The zero-order valence-electron chi connectivity index (χ0n) is 14.3. The van der Waals surface area contributed by atoms with Gasteiger partial charge in [0.2, 0.25) is 5.91 Å². The summed E-state index contributed by atoms with van der Waals surface area (Å²) in [5.41, 5.74) is 2.31. The van der Waals surface area contributed by atoms with Crippen molar-refractivity contribution in [2.24, 2.45) is 0 Å². The van der Waals surface area contributed by atoms with Crippen LogP contribution in [0.15, 0.2) is 18.2 Å². The molecule has 24 heavy (non-hydrogen) atoms. The molecule has 1 saturated heterocycles. The molecule has 6 nitrogen and oxygen atoms in total. The Morgan fingerprint density at radius 1 is 1.25 bits per heavy atom. The van der Waals surface area contributed by atoms with E-state index in [4.69, 9.17) is 4.74 Å². The lowest BCUT2D eigenvalue weighted by Gasteiger charge is -2.16. The van der Waals surface area contributed by atoms with E-state index in [2.05, 4.69) is 10.6 Å². The summed E-state index contributed by atoms with van der Waals surface area (Å²) < 4.78 is 4.91. The summed E-state index contributed by atoms with van der Waals surface area (Å²) in [6.07, 6.45) is 2.16. The van der Waals surface area contributed by atoms with Gasteiger partial charge >= 0.3 is 0 Å². The summed E-state index contributed by atoms with van der Waals surface area (Å²) in [6.45, 7) is 5.00. The average Bonchev–Trinajstić information content (AvgIpc) is 3.07. The van der Waals surface area contributed by atoms with Crippen molar-refractivity contribution in [1.29, 1.82) is 0 Å². The largest absolute Gasteiger partial charge is 0.383 e. The van der Waals surface area contributed by atoms with Crippen molar-refractivity contribution in [1.82, 2.24) is 10.2 Å². The number of nitrogens with zero attached hydrogens (tertiary/aromatic N) is 1. The van der Waals surface area contributed by atoms with Crippen molar-refractivity contribution in [3.8, 4) is 0 Å². The first kappa shape index (κ1) is 20.4. The van der Waals surface area contributed by atoms with Crippen LogP contribution >= 0.6 is 12.4 Å². The number of hydrogen-bond acceptors (Lipinski definition) is 4. The van der Waals surface area contributed by atoms with Gasteiger partial charge in [0.1, 0.15) is 0 Å². The van der Waals surface area contributed by atoms with Crippen LogP contribution in [0.1, 0.15) is 28.8 Å². The number of ether oxygens (including phenoxy) is 1. The molecule has 1 aromatic carbocycles. The summed E-state index contributed by atoms with van der Waals surface area (Å²) >= 11 is 0.